The van der Waals surface area contributed by atoms with Crippen molar-refractivity contribution in [2.24, 2.45) is 0 Å². The van der Waals surface area contributed by atoms with Crippen LogP contribution in [-0.2, 0) is 6.18 Å². The highest BCUT2D eigenvalue weighted by molar-refractivity contribution is 9.10. The standard InChI is InChI=1S/C10H5BrClF3N2/c11-7-2-1-5(12)3-6(7)9-16-4-8(17-9)10(13,14)15/h1-4H,(H,16,17). The zero-order valence-electron chi connectivity index (χ0n) is 8.15. The van der Waals surface area contributed by atoms with Gasteiger partial charge < -0.3 is 4.98 Å². The molecule has 90 valence electrons. The summed E-state index contributed by atoms with van der Waals surface area (Å²) in [7, 11) is 0. The third kappa shape index (κ3) is 2.63. The molecule has 0 spiro atoms. The largest absolute Gasteiger partial charge is 0.432 e. The number of nitrogens with zero attached hydrogens (tertiary/aromatic N) is 1. The van der Waals surface area contributed by atoms with Gasteiger partial charge in [0.1, 0.15) is 11.5 Å². The van der Waals surface area contributed by atoms with E-state index in [0.29, 0.717) is 15.1 Å². The number of nitrogens with one attached hydrogen (secondary N) is 1. The molecule has 1 heterocycles. The van der Waals surface area contributed by atoms with Crippen molar-refractivity contribution in [3.63, 3.8) is 0 Å². The summed E-state index contributed by atoms with van der Waals surface area (Å²) >= 11 is 9.01. The molecule has 0 aliphatic rings. The highest BCUT2D eigenvalue weighted by Crippen LogP contribution is 2.32. The van der Waals surface area contributed by atoms with E-state index < -0.39 is 11.9 Å². The quantitative estimate of drug-likeness (QED) is 0.821. The van der Waals surface area contributed by atoms with Crippen LogP contribution in [0.3, 0.4) is 0 Å². The van der Waals surface area contributed by atoms with Gasteiger partial charge in [0.15, 0.2) is 0 Å². The fourth-order valence-corrected chi connectivity index (χ4v) is 1.89. The molecular weight excluding hydrogens is 320 g/mol. The second-order valence-electron chi connectivity index (χ2n) is 3.27. The average molecular weight is 326 g/mol. The van der Waals surface area contributed by atoms with Crippen LogP contribution >= 0.6 is 27.5 Å². The summed E-state index contributed by atoms with van der Waals surface area (Å²) in [5.41, 5.74) is -0.410. The summed E-state index contributed by atoms with van der Waals surface area (Å²) in [6.45, 7) is 0. The van der Waals surface area contributed by atoms with Crippen LogP contribution in [-0.4, -0.2) is 9.97 Å². The molecule has 0 saturated heterocycles. The maximum Gasteiger partial charge on any atom is 0.432 e. The Bertz CT molecular complexity index is 551. The second kappa shape index (κ2) is 4.34. The lowest BCUT2D eigenvalue weighted by molar-refractivity contribution is -0.140. The van der Waals surface area contributed by atoms with Gasteiger partial charge in [-0.2, -0.15) is 13.2 Å². The van der Waals surface area contributed by atoms with Gasteiger partial charge in [0.2, 0.25) is 0 Å². The molecule has 1 aromatic carbocycles. The number of hydrogen-bond donors (Lipinski definition) is 1. The van der Waals surface area contributed by atoms with E-state index >= 15 is 0 Å². The summed E-state index contributed by atoms with van der Waals surface area (Å²) in [6, 6.07) is 4.81. The van der Waals surface area contributed by atoms with Gasteiger partial charge >= 0.3 is 6.18 Å². The number of benzene rings is 1. The van der Waals surface area contributed by atoms with Gasteiger partial charge in [-0.25, -0.2) is 4.98 Å². The first kappa shape index (κ1) is 12.4. The first-order valence-electron chi connectivity index (χ1n) is 4.45. The third-order valence-corrected chi connectivity index (χ3v) is 2.99. The van der Waals surface area contributed by atoms with Crippen molar-refractivity contribution in [3.8, 4) is 11.4 Å². The Labute approximate surface area is 108 Å². The van der Waals surface area contributed by atoms with Crippen molar-refractivity contribution in [3.05, 3.63) is 39.6 Å². The third-order valence-electron chi connectivity index (χ3n) is 2.06. The lowest BCUT2D eigenvalue weighted by Crippen LogP contribution is -2.04. The normalized spacial score (nSPS) is 11.8. The number of aromatic nitrogens is 2. The van der Waals surface area contributed by atoms with E-state index in [4.69, 9.17) is 11.6 Å². The zero-order chi connectivity index (χ0) is 12.6. The van der Waals surface area contributed by atoms with E-state index in [1.807, 2.05) is 0 Å². The molecule has 0 aliphatic carbocycles. The van der Waals surface area contributed by atoms with Gasteiger partial charge in [-0.1, -0.05) is 27.5 Å². The Morgan fingerprint density at radius 1 is 1.29 bits per heavy atom. The van der Waals surface area contributed by atoms with Gasteiger partial charge in [-0.15, -0.1) is 0 Å². The van der Waals surface area contributed by atoms with E-state index in [1.165, 1.54) is 6.07 Å². The fourth-order valence-electron chi connectivity index (χ4n) is 1.28. The SMILES string of the molecule is FC(F)(F)c1cnc(-c2cc(Cl)ccc2Br)[nH]1. The Balaban J connectivity index is 2.47. The van der Waals surface area contributed by atoms with Gasteiger partial charge in [0.05, 0.1) is 6.20 Å². The van der Waals surface area contributed by atoms with Crippen LogP contribution in [0.5, 0.6) is 0 Å². The van der Waals surface area contributed by atoms with Gasteiger partial charge in [0.25, 0.3) is 0 Å². The fraction of sp³-hybridized carbons (Fsp3) is 0.100. The van der Waals surface area contributed by atoms with Crippen molar-refractivity contribution in [1.29, 1.82) is 0 Å². The van der Waals surface area contributed by atoms with Crippen LogP contribution in [0.4, 0.5) is 13.2 Å². The molecule has 0 amide bonds. The van der Waals surface area contributed by atoms with Crippen LogP contribution < -0.4 is 0 Å². The number of halogens is 5. The van der Waals surface area contributed by atoms with Crippen molar-refractivity contribution in [1.82, 2.24) is 9.97 Å². The number of hydrogen-bond acceptors (Lipinski definition) is 1. The average Bonchev–Trinajstić information content (AvgIpc) is 2.70. The zero-order valence-corrected chi connectivity index (χ0v) is 10.5. The van der Waals surface area contributed by atoms with Gasteiger partial charge in [-0.05, 0) is 18.2 Å². The molecule has 2 aromatic rings. The Morgan fingerprint density at radius 3 is 2.59 bits per heavy atom. The highest BCUT2D eigenvalue weighted by atomic mass is 79.9. The second-order valence-corrected chi connectivity index (χ2v) is 4.56. The summed E-state index contributed by atoms with van der Waals surface area (Å²) in [6.07, 6.45) is -3.68. The number of rotatable bonds is 1. The molecule has 0 aliphatic heterocycles. The monoisotopic (exact) mass is 324 g/mol. The topological polar surface area (TPSA) is 28.7 Å². The Morgan fingerprint density at radius 2 is 2.00 bits per heavy atom. The molecule has 0 unspecified atom stereocenters. The maximum atomic E-state index is 12.4. The molecule has 0 bridgehead atoms. The van der Waals surface area contributed by atoms with Crippen molar-refractivity contribution < 1.29 is 13.2 Å². The van der Waals surface area contributed by atoms with Gasteiger partial charge in [0, 0.05) is 15.1 Å². The summed E-state index contributed by atoms with van der Waals surface area (Å²) in [5, 5.41) is 0.424. The van der Waals surface area contributed by atoms with E-state index in [1.54, 1.807) is 12.1 Å². The highest BCUT2D eigenvalue weighted by Gasteiger charge is 2.33. The molecule has 0 atom stereocenters. The van der Waals surface area contributed by atoms with E-state index in [9.17, 15) is 13.2 Å². The number of imidazole rings is 1. The molecule has 2 nitrogen and oxygen atoms in total. The summed E-state index contributed by atoms with van der Waals surface area (Å²) in [5.74, 6) is 0.117. The lowest BCUT2D eigenvalue weighted by Gasteiger charge is -2.03. The lowest BCUT2D eigenvalue weighted by atomic mass is 10.2. The number of H-pyrrole nitrogens is 1. The van der Waals surface area contributed by atoms with Crippen molar-refractivity contribution >= 4 is 27.5 Å². The minimum atomic E-state index is -4.43. The molecule has 0 saturated carbocycles. The molecular formula is C10H5BrClF3N2. The Kier molecular flexibility index (Phi) is 3.18. The molecule has 0 radical (unpaired) electrons. The molecule has 1 aromatic heterocycles. The first-order valence-corrected chi connectivity index (χ1v) is 5.62. The van der Waals surface area contributed by atoms with Crippen LogP contribution in [0, 0.1) is 0 Å². The molecule has 2 rings (SSSR count). The number of aromatic amines is 1. The summed E-state index contributed by atoms with van der Waals surface area (Å²) < 4.78 is 37.8. The minimum Gasteiger partial charge on any atom is -0.334 e. The molecule has 17 heavy (non-hydrogen) atoms. The molecule has 7 heteroatoms. The van der Waals surface area contributed by atoms with Crippen molar-refractivity contribution in [2.75, 3.05) is 0 Å². The van der Waals surface area contributed by atoms with Gasteiger partial charge in [-0.3, -0.25) is 0 Å². The van der Waals surface area contributed by atoms with E-state index in [-0.39, 0.29) is 5.82 Å². The van der Waals surface area contributed by atoms with Crippen LogP contribution in [0.2, 0.25) is 5.02 Å². The Hall–Kier alpha value is -1.01. The smallest absolute Gasteiger partial charge is 0.334 e. The van der Waals surface area contributed by atoms with Crippen LogP contribution in [0.15, 0.2) is 28.9 Å². The maximum absolute atomic E-state index is 12.4. The summed E-state index contributed by atoms with van der Waals surface area (Å²) in [4.78, 5) is 5.90. The van der Waals surface area contributed by atoms with Crippen LogP contribution in [0.25, 0.3) is 11.4 Å². The molecule has 0 fully saturated rings. The predicted octanol–water partition coefficient (Wildman–Crippen LogP) is 4.51. The van der Waals surface area contributed by atoms with Crippen molar-refractivity contribution in [2.45, 2.75) is 6.18 Å². The van der Waals surface area contributed by atoms with E-state index in [2.05, 4.69) is 25.9 Å². The molecule has 1 N–H and O–H groups in total. The number of alkyl halides is 3. The van der Waals surface area contributed by atoms with E-state index in [0.717, 1.165) is 6.20 Å². The predicted molar refractivity (Wildman–Crippen MR) is 61.7 cm³/mol. The minimum absolute atomic E-state index is 0.117. The first-order chi connectivity index (χ1) is 7.88. The van der Waals surface area contributed by atoms with Crippen LogP contribution in [0.1, 0.15) is 5.69 Å².